The molecule has 0 heterocycles. The SMILES string of the molecule is CC(C)(C)OC(=O)N[C@H]1CCC[C@@](C)(O)C1. The highest BCUT2D eigenvalue weighted by atomic mass is 16.6. The van der Waals surface area contributed by atoms with Gasteiger partial charge < -0.3 is 15.2 Å². The van der Waals surface area contributed by atoms with Gasteiger partial charge in [0.05, 0.1) is 5.60 Å². The van der Waals surface area contributed by atoms with Crippen molar-refractivity contribution in [1.29, 1.82) is 0 Å². The van der Waals surface area contributed by atoms with E-state index >= 15 is 0 Å². The summed E-state index contributed by atoms with van der Waals surface area (Å²) in [6.07, 6.45) is 2.87. The molecule has 0 aromatic rings. The minimum Gasteiger partial charge on any atom is -0.444 e. The molecule has 0 aromatic heterocycles. The molecule has 1 rings (SSSR count). The Morgan fingerprint density at radius 1 is 1.50 bits per heavy atom. The lowest BCUT2D eigenvalue weighted by Crippen LogP contribution is -2.45. The van der Waals surface area contributed by atoms with E-state index in [4.69, 9.17) is 4.74 Å². The number of hydrogen-bond acceptors (Lipinski definition) is 3. The van der Waals surface area contributed by atoms with E-state index in [1.54, 1.807) is 0 Å². The van der Waals surface area contributed by atoms with Crippen LogP contribution in [-0.2, 0) is 4.74 Å². The number of nitrogens with one attached hydrogen (secondary N) is 1. The Morgan fingerprint density at radius 2 is 2.12 bits per heavy atom. The lowest BCUT2D eigenvalue weighted by molar-refractivity contribution is 0.00539. The van der Waals surface area contributed by atoms with Gasteiger partial charge in [0.25, 0.3) is 0 Å². The van der Waals surface area contributed by atoms with Crippen LogP contribution in [0.2, 0.25) is 0 Å². The number of carbonyl (C=O) groups is 1. The van der Waals surface area contributed by atoms with Gasteiger partial charge in [0, 0.05) is 6.04 Å². The molecule has 1 saturated carbocycles. The van der Waals surface area contributed by atoms with Crippen LogP contribution in [0.4, 0.5) is 4.79 Å². The van der Waals surface area contributed by atoms with Crippen molar-refractivity contribution in [3.05, 3.63) is 0 Å². The molecule has 1 aliphatic carbocycles. The molecule has 0 unspecified atom stereocenters. The smallest absolute Gasteiger partial charge is 0.407 e. The lowest BCUT2D eigenvalue weighted by Gasteiger charge is -2.34. The Labute approximate surface area is 97.4 Å². The third-order valence-electron chi connectivity index (χ3n) is 2.67. The second-order valence-corrected chi connectivity index (χ2v) is 5.94. The summed E-state index contributed by atoms with van der Waals surface area (Å²) in [6.45, 7) is 7.33. The van der Waals surface area contributed by atoms with E-state index < -0.39 is 17.3 Å². The Bertz CT molecular complexity index is 255. The summed E-state index contributed by atoms with van der Waals surface area (Å²) in [5, 5.41) is 12.7. The first-order chi connectivity index (χ1) is 7.18. The topological polar surface area (TPSA) is 58.6 Å². The van der Waals surface area contributed by atoms with Gasteiger partial charge in [0.15, 0.2) is 0 Å². The van der Waals surface area contributed by atoms with E-state index in [9.17, 15) is 9.90 Å². The minimum atomic E-state index is -0.655. The van der Waals surface area contributed by atoms with Crippen molar-refractivity contribution in [3.63, 3.8) is 0 Å². The van der Waals surface area contributed by atoms with Gasteiger partial charge in [-0.05, 0) is 53.4 Å². The van der Waals surface area contributed by atoms with Gasteiger partial charge >= 0.3 is 6.09 Å². The number of carbonyl (C=O) groups excluding carboxylic acids is 1. The zero-order valence-electron chi connectivity index (χ0n) is 10.7. The predicted octanol–water partition coefficient (Wildman–Crippen LogP) is 2.20. The molecule has 2 N–H and O–H groups in total. The third kappa shape index (κ3) is 4.84. The number of aliphatic hydroxyl groups is 1. The average Bonchev–Trinajstić information content (AvgIpc) is 1.96. The lowest BCUT2D eigenvalue weighted by atomic mass is 9.83. The Kier molecular flexibility index (Phi) is 3.84. The van der Waals surface area contributed by atoms with Gasteiger partial charge in [-0.15, -0.1) is 0 Å². The molecule has 0 saturated heterocycles. The van der Waals surface area contributed by atoms with Gasteiger partial charge in [-0.3, -0.25) is 0 Å². The monoisotopic (exact) mass is 229 g/mol. The molecule has 0 aliphatic heterocycles. The van der Waals surface area contributed by atoms with Crippen LogP contribution < -0.4 is 5.32 Å². The van der Waals surface area contributed by atoms with Crippen molar-refractivity contribution in [2.45, 2.75) is 70.6 Å². The van der Waals surface area contributed by atoms with Gasteiger partial charge in [-0.1, -0.05) is 0 Å². The molecule has 1 amide bonds. The van der Waals surface area contributed by atoms with Gasteiger partial charge in [-0.25, -0.2) is 4.79 Å². The molecular weight excluding hydrogens is 206 g/mol. The van der Waals surface area contributed by atoms with Crippen LogP contribution in [-0.4, -0.2) is 28.4 Å². The Balaban J connectivity index is 2.40. The molecule has 1 fully saturated rings. The van der Waals surface area contributed by atoms with Crippen LogP contribution in [0.5, 0.6) is 0 Å². The third-order valence-corrected chi connectivity index (χ3v) is 2.67. The van der Waals surface area contributed by atoms with E-state index in [0.717, 1.165) is 19.3 Å². The summed E-state index contributed by atoms with van der Waals surface area (Å²) in [5.74, 6) is 0. The first-order valence-corrected chi connectivity index (χ1v) is 5.90. The second kappa shape index (κ2) is 4.62. The van der Waals surface area contributed by atoms with Crippen LogP contribution in [0, 0.1) is 0 Å². The van der Waals surface area contributed by atoms with E-state index in [0.29, 0.717) is 6.42 Å². The van der Waals surface area contributed by atoms with Crippen molar-refractivity contribution in [1.82, 2.24) is 5.32 Å². The zero-order valence-corrected chi connectivity index (χ0v) is 10.7. The molecular formula is C12H23NO3. The van der Waals surface area contributed by atoms with Crippen molar-refractivity contribution in [2.75, 3.05) is 0 Å². The highest BCUT2D eigenvalue weighted by molar-refractivity contribution is 5.68. The van der Waals surface area contributed by atoms with E-state index in [1.165, 1.54) is 0 Å². The van der Waals surface area contributed by atoms with E-state index in [-0.39, 0.29) is 6.04 Å². The Hall–Kier alpha value is -0.770. The fraction of sp³-hybridized carbons (Fsp3) is 0.917. The van der Waals surface area contributed by atoms with Crippen LogP contribution in [0.3, 0.4) is 0 Å². The minimum absolute atomic E-state index is 0.0265. The standard InChI is InChI=1S/C12H23NO3/c1-11(2,3)16-10(14)13-9-6-5-7-12(4,15)8-9/h9,15H,5-8H2,1-4H3,(H,13,14)/t9-,12+/m0/s1. The molecule has 0 spiro atoms. The Morgan fingerprint density at radius 3 is 2.62 bits per heavy atom. The number of amides is 1. The number of alkyl carbamates (subject to hydrolysis) is 1. The summed E-state index contributed by atoms with van der Waals surface area (Å²) in [4.78, 5) is 11.5. The molecule has 94 valence electrons. The van der Waals surface area contributed by atoms with Crippen molar-refractivity contribution >= 4 is 6.09 Å². The number of rotatable bonds is 1. The van der Waals surface area contributed by atoms with E-state index in [1.807, 2.05) is 27.7 Å². The molecule has 16 heavy (non-hydrogen) atoms. The van der Waals surface area contributed by atoms with Crippen LogP contribution in [0.15, 0.2) is 0 Å². The number of hydrogen-bond donors (Lipinski definition) is 2. The molecule has 4 nitrogen and oxygen atoms in total. The zero-order chi connectivity index (χ0) is 12.4. The average molecular weight is 229 g/mol. The van der Waals surface area contributed by atoms with Crippen LogP contribution >= 0.6 is 0 Å². The molecule has 0 bridgehead atoms. The molecule has 2 atom stereocenters. The number of ether oxygens (including phenoxy) is 1. The van der Waals surface area contributed by atoms with Crippen molar-refractivity contribution in [3.8, 4) is 0 Å². The van der Waals surface area contributed by atoms with Crippen LogP contribution in [0.1, 0.15) is 53.4 Å². The molecule has 0 aromatic carbocycles. The first kappa shape index (κ1) is 13.3. The quantitative estimate of drug-likeness (QED) is 0.724. The fourth-order valence-electron chi connectivity index (χ4n) is 2.06. The van der Waals surface area contributed by atoms with Gasteiger partial charge in [0.2, 0.25) is 0 Å². The van der Waals surface area contributed by atoms with Crippen molar-refractivity contribution < 1.29 is 14.6 Å². The maximum atomic E-state index is 11.5. The summed E-state index contributed by atoms with van der Waals surface area (Å²) in [5.41, 5.74) is -1.13. The summed E-state index contributed by atoms with van der Waals surface area (Å²) in [6, 6.07) is 0.0265. The van der Waals surface area contributed by atoms with Gasteiger partial charge in [-0.2, -0.15) is 0 Å². The van der Waals surface area contributed by atoms with E-state index in [2.05, 4.69) is 5.32 Å². The van der Waals surface area contributed by atoms with Gasteiger partial charge in [0.1, 0.15) is 5.60 Å². The highest BCUT2D eigenvalue weighted by Gasteiger charge is 2.31. The summed E-state index contributed by atoms with van der Waals surface area (Å²) in [7, 11) is 0. The fourth-order valence-corrected chi connectivity index (χ4v) is 2.06. The maximum absolute atomic E-state index is 11.5. The normalized spacial score (nSPS) is 30.9. The highest BCUT2D eigenvalue weighted by Crippen LogP contribution is 2.27. The summed E-state index contributed by atoms with van der Waals surface area (Å²) >= 11 is 0. The largest absolute Gasteiger partial charge is 0.444 e. The second-order valence-electron chi connectivity index (χ2n) is 5.94. The van der Waals surface area contributed by atoms with Crippen molar-refractivity contribution in [2.24, 2.45) is 0 Å². The van der Waals surface area contributed by atoms with Crippen LogP contribution in [0.25, 0.3) is 0 Å². The predicted molar refractivity (Wildman–Crippen MR) is 62.2 cm³/mol. The maximum Gasteiger partial charge on any atom is 0.407 e. The molecule has 0 radical (unpaired) electrons. The first-order valence-electron chi connectivity index (χ1n) is 5.90. The molecule has 4 heteroatoms. The molecule has 1 aliphatic rings. The summed E-state index contributed by atoms with van der Waals surface area (Å²) < 4.78 is 5.18.